The van der Waals surface area contributed by atoms with E-state index >= 15 is 0 Å². The zero-order valence-corrected chi connectivity index (χ0v) is 30.2. The Kier molecular flexibility index (Phi) is 7.51. The predicted molar refractivity (Wildman–Crippen MR) is 192 cm³/mol. The van der Waals surface area contributed by atoms with E-state index in [-0.39, 0.29) is 12.1 Å². The minimum atomic E-state index is 0.240. The van der Waals surface area contributed by atoms with E-state index in [4.69, 9.17) is 15.0 Å². The molecule has 5 nitrogen and oxygen atoms in total. The zero-order valence-electron chi connectivity index (χ0n) is 30.2. The summed E-state index contributed by atoms with van der Waals surface area (Å²) < 4.78 is 0. The van der Waals surface area contributed by atoms with Gasteiger partial charge in [0.05, 0.1) is 34.2 Å². The SMILES string of the molecule is CC1=C(C)/C2=C(\C)C3=N/C(=C(/C)C4NC(/C(C)=C5N=C(C(C)=C\5C)/C(C)=c5\[nH]/c(c(C)c5C)=C(/C)C1=N2)C(C)C4C)C(C)=C3C. The molecule has 1 aromatic heterocycles. The second kappa shape index (κ2) is 10.8. The second-order valence-electron chi connectivity index (χ2n) is 14.4. The number of nitrogens with one attached hydrogen (secondary N) is 2. The van der Waals surface area contributed by atoms with Gasteiger partial charge in [-0.25, -0.2) is 15.0 Å². The molecule has 0 radical (unpaired) electrons. The van der Waals surface area contributed by atoms with Crippen LogP contribution in [0, 0.1) is 25.7 Å². The molecule has 2 N–H and O–H groups in total. The first kappa shape index (κ1) is 31.4. The molecule has 45 heavy (non-hydrogen) atoms. The van der Waals surface area contributed by atoms with E-state index in [2.05, 4.69) is 114 Å². The molecule has 1 fully saturated rings. The number of fused-ring (bicyclic) bond motifs is 7. The maximum Gasteiger partial charge on any atom is 0.0720 e. The lowest BCUT2D eigenvalue weighted by Crippen LogP contribution is -2.34. The Hall–Kier alpha value is -3.57. The fourth-order valence-electron chi connectivity index (χ4n) is 8.36. The van der Waals surface area contributed by atoms with Crippen LogP contribution in [0.5, 0.6) is 0 Å². The van der Waals surface area contributed by atoms with Crippen molar-refractivity contribution in [3.05, 3.63) is 89.1 Å². The number of allylic oxidation sites excluding steroid dienone is 7. The summed E-state index contributed by atoms with van der Waals surface area (Å²) in [5, 5.41) is 6.39. The molecule has 6 rings (SSSR count). The minimum Gasteiger partial charge on any atom is -0.355 e. The molecule has 4 atom stereocenters. The number of hydrogen-bond donors (Lipinski definition) is 2. The van der Waals surface area contributed by atoms with Crippen LogP contribution in [0.3, 0.4) is 0 Å². The highest BCUT2D eigenvalue weighted by molar-refractivity contribution is 6.30. The van der Waals surface area contributed by atoms with E-state index in [9.17, 15) is 0 Å². The molecular formula is C40H51N5. The molecule has 5 aliphatic rings. The molecule has 6 heterocycles. The van der Waals surface area contributed by atoms with Crippen LogP contribution < -0.4 is 16.0 Å². The predicted octanol–water partition coefficient (Wildman–Crippen LogP) is 7.79. The van der Waals surface area contributed by atoms with Gasteiger partial charge < -0.3 is 10.3 Å². The van der Waals surface area contributed by atoms with Crippen molar-refractivity contribution >= 4 is 28.3 Å². The summed E-state index contributed by atoms with van der Waals surface area (Å²) in [7, 11) is 0. The molecule has 5 aliphatic heterocycles. The van der Waals surface area contributed by atoms with Crippen molar-refractivity contribution in [3.8, 4) is 0 Å². The van der Waals surface area contributed by atoms with Crippen LogP contribution in [0.25, 0.3) is 11.1 Å². The van der Waals surface area contributed by atoms with Crippen molar-refractivity contribution < 1.29 is 0 Å². The van der Waals surface area contributed by atoms with Gasteiger partial charge >= 0.3 is 0 Å². The summed E-state index contributed by atoms with van der Waals surface area (Å²) in [5.41, 5.74) is 22.8. The molecule has 0 amide bonds. The lowest BCUT2D eigenvalue weighted by molar-refractivity contribution is 0.424. The van der Waals surface area contributed by atoms with Gasteiger partial charge in [-0.2, -0.15) is 0 Å². The number of aromatic nitrogens is 1. The van der Waals surface area contributed by atoms with E-state index in [1.807, 2.05) is 0 Å². The van der Waals surface area contributed by atoms with Gasteiger partial charge in [0.2, 0.25) is 0 Å². The first-order valence-corrected chi connectivity index (χ1v) is 16.7. The zero-order chi connectivity index (χ0) is 33.0. The Morgan fingerprint density at radius 1 is 0.400 bits per heavy atom. The topological polar surface area (TPSA) is 64.9 Å². The van der Waals surface area contributed by atoms with Crippen LogP contribution in [0.2, 0.25) is 0 Å². The molecular weight excluding hydrogens is 550 g/mol. The minimum absolute atomic E-state index is 0.240. The van der Waals surface area contributed by atoms with E-state index < -0.39 is 0 Å². The number of aliphatic imine (C=N–C) groups is 3. The van der Waals surface area contributed by atoms with Crippen LogP contribution in [0.1, 0.15) is 101 Å². The van der Waals surface area contributed by atoms with Crippen LogP contribution in [0.15, 0.2) is 82.2 Å². The fourth-order valence-corrected chi connectivity index (χ4v) is 8.36. The molecule has 0 aromatic carbocycles. The number of rotatable bonds is 0. The van der Waals surface area contributed by atoms with Gasteiger partial charge in [0.1, 0.15) is 0 Å². The van der Waals surface area contributed by atoms with Gasteiger partial charge in [-0.15, -0.1) is 0 Å². The molecule has 5 heteroatoms. The smallest absolute Gasteiger partial charge is 0.0720 e. The lowest BCUT2D eigenvalue weighted by Gasteiger charge is -2.20. The van der Waals surface area contributed by atoms with E-state index in [0.717, 1.165) is 50.5 Å². The highest BCUT2D eigenvalue weighted by Gasteiger charge is 2.41. The van der Waals surface area contributed by atoms with E-state index in [0.29, 0.717) is 11.8 Å². The molecule has 1 aromatic rings. The molecule has 236 valence electrons. The van der Waals surface area contributed by atoms with Crippen molar-refractivity contribution in [1.29, 1.82) is 0 Å². The Balaban J connectivity index is 1.71. The Morgan fingerprint density at radius 3 is 1.13 bits per heavy atom. The Morgan fingerprint density at radius 2 is 0.733 bits per heavy atom. The summed E-state index contributed by atoms with van der Waals surface area (Å²) in [6.07, 6.45) is 0. The Labute approximate surface area is 269 Å². The molecule has 0 aliphatic carbocycles. The van der Waals surface area contributed by atoms with Crippen LogP contribution >= 0.6 is 0 Å². The highest BCUT2D eigenvalue weighted by atomic mass is 15.0. The lowest BCUT2D eigenvalue weighted by atomic mass is 9.84. The first-order chi connectivity index (χ1) is 21.1. The molecule has 0 spiro atoms. The largest absolute Gasteiger partial charge is 0.355 e. The number of nitrogens with zero attached hydrogens (tertiary/aromatic N) is 3. The van der Waals surface area contributed by atoms with Gasteiger partial charge in [-0.1, -0.05) is 13.8 Å². The monoisotopic (exact) mass is 601 g/mol. The van der Waals surface area contributed by atoms with E-state index in [1.165, 1.54) is 66.9 Å². The fraction of sp³-hybridized carbons (Fsp3) is 0.475. The van der Waals surface area contributed by atoms with Crippen molar-refractivity contribution in [3.63, 3.8) is 0 Å². The summed E-state index contributed by atoms with van der Waals surface area (Å²) >= 11 is 0. The van der Waals surface area contributed by atoms with Gasteiger partial charge in [-0.3, -0.25) is 0 Å². The maximum absolute atomic E-state index is 5.39. The summed E-state index contributed by atoms with van der Waals surface area (Å²) in [5.74, 6) is 0.916. The van der Waals surface area contributed by atoms with Gasteiger partial charge in [0.15, 0.2) is 0 Å². The number of aromatic amines is 1. The van der Waals surface area contributed by atoms with Gasteiger partial charge in [-0.05, 0) is 169 Å². The third-order valence-corrected chi connectivity index (χ3v) is 12.1. The van der Waals surface area contributed by atoms with Crippen molar-refractivity contribution in [2.24, 2.45) is 26.8 Å². The number of hydrogen-bond acceptors (Lipinski definition) is 4. The molecule has 10 bridgehead atoms. The van der Waals surface area contributed by atoms with Crippen LogP contribution in [-0.4, -0.2) is 34.2 Å². The highest BCUT2D eigenvalue weighted by Crippen LogP contribution is 2.41. The maximum atomic E-state index is 5.39. The Bertz CT molecular complexity index is 2020. The van der Waals surface area contributed by atoms with Crippen LogP contribution in [-0.2, 0) is 0 Å². The molecule has 1 saturated heterocycles. The summed E-state index contributed by atoms with van der Waals surface area (Å²) in [6.45, 7) is 33.8. The van der Waals surface area contributed by atoms with Crippen LogP contribution in [0.4, 0.5) is 0 Å². The average Bonchev–Trinajstić information content (AvgIpc) is 3.75. The quantitative estimate of drug-likeness (QED) is 0.313. The summed E-state index contributed by atoms with van der Waals surface area (Å²) in [6, 6.07) is 0.482. The van der Waals surface area contributed by atoms with E-state index in [1.54, 1.807) is 0 Å². The van der Waals surface area contributed by atoms with Crippen molar-refractivity contribution in [1.82, 2.24) is 10.3 Å². The van der Waals surface area contributed by atoms with Gasteiger partial charge in [0, 0.05) is 28.4 Å². The normalized spacial score (nSPS) is 34.8. The first-order valence-electron chi connectivity index (χ1n) is 16.7. The third-order valence-electron chi connectivity index (χ3n) is 12.1. The average molecular weight is 602 g/mol. The molecule has 4 unspecified atom stereocenters. The molecule has 0 saturated carbocycles. The van der Waals surface area contributed by atoms with Crippen molar-refractivity contribution in [2.75, 3.05) is 0 Å². The summed E-state index contributed by atoms with van der Waals surface area (Å²) in [4.78, 5) is 20.0. The standard InChI is InChI=1S/C40H51N5/c1-16-17(2)32-27(12)34-20(5)21(6)36(43-34)29(14)38-24(9)25(10)40(45-38)30(15)39-23(8)22(7)37(44-39)28(13)35-19(4)18(3)33(42-35)26(11)31(16)41-32/h16-17,31-32,41,44H,1-15H3/b33-26-,34-27-,37-28-,38-29-,39-30-. The second-order valence-corrected chi connectivity index (χ2v) is 14.4. The third kappa shape index (κ3) is 4.40. The number of H-pyrrole nitrogens is 1. The van der Waals surface area contributed by atoms with Crippen molar-refractivity contribution in [2.45, 2.75) is 116 Å². The van der Waals surface area contributed by atoms with Gasteiger partial charge in [0.25, 0.3) is 0 Å².